The zero-order chi connectivity index (χ0) is 18.5. The number of ether oxygens (including phenoxy) is 1. The summed E-state index contributed by atoms with van der Waals surface area (Å²) in [4.78, 5) is 24.7. The van der Waals surface area contributed by atoms with Crippen LogP contribution in [0.15, 0.2) is 36.5 Å². The highest BCUT2D eigenvalue weighted by atomic mass is 16.5. The molecule has 27 heavy (non-hydrogen) atoms. The molecule has 0 spiro atoms. The average molecular weight is 360 g/mol. The molecule has 3 heterocycles. The molecule has 3 aromatic heterocycles. The fourth-order valence-electron chi connectivity index (χ4n) is 3.67. The number of nitrogens with one attached hydrogen (secondary N) is 1. The van der Waals surface area contributed by atoms with E-state index in [4.69, 9.17) is 9.72 Å². The van der Waals surface area contributed by atoms with Crippen molar-refractivity contribution in [2.75, 3.05) is 7.11 Å². The Morgan fingerprint density at radius 1 is 1.33 bits per heavy atom. The quantitative estimate of drug-likeness (QED) is 0.557. The number of aromatic amines is 1. The molecule has 1 aliphatic carbocycles. The molecule has 1 aromatic carbocycles. The lowest BCUT2D eigenvalue weighted by Crippen LogP contribution is -2.03. The van der Waals surface area contributed by atoms with Gasteiger partial charge in [-0.25, -0.2) is 14.8 Å². The van der Waals surface area contributed by atoms with Crippen molar-refractivity contribution in [1.82, 2.24) is 19.5 Å². The van der Waals surface area contributed by atoms with Crippen LogP contribution in [-0.2, 0) is 11.3 Å². The van der Waals surface area contributed by atoms with E-state index in [0.717, 1.165) is 51.6 Å². The number of H-pyrrole nitrogens is 1. The summed E-state index contributed by atoms with van der Waals surface area (Å²) in [6.07, 6.45) is 4.38. The number of benzene rings is 1. The minimum absolute atomic E-state index is 0.344. The number of rotatable bonds is 4. The molecule has 5 rings (SSSR count). The maximum Gasteiger partial charge on any atom is 0.337 e. The SMILES string of the molecule is COC(=O)c1cc(C)c2nc(-c3cc4cccnc4n3CC3CC3)[nH]c2c1. The van der Waals surface area contributed by atoms with Crippen molar-refractivity contribution in [2.45, 2.75) is 26.3 Å². The van der Waals surface area contributed by atoms with Crippen molar-refractivity contribution < 1.29 is 9.53 Å². The first-order valence-corrected chi connectivity index (χ1v) is 9.17. The summed E-state index contributed by atoms with van der Waals surface area (Å²) in [6, 6.07) is 9.80. The molecule has 1 aliphatic rings. The second-order valence-electron chi connectivity index (χ2n) is 7.27. The van der Waals surface area contributed by atoms with E-state index in [2.05, 4.69) is 26.7 Å². The van der Waals surface area contributed by atoms with Crippen molar-refractivity contribution >= 4 is 28.0 Å². The lowest BCUT2D eigenvalue weighted by Gasteiger charge is -2.07. The number of nitrogens with zero attached hydrogens (tertiary/aromatic N) is 3. The standard InChI is InChI=1S/C21H20N4O2/c1-12-8-15(21(26)27-2)9-16-18(12)24-19(23-16)17-10-14-4-3-7-22-20(14)25(17)11-13-5-6-13/h3-4,7-10,13H,5-6,11H2,1-2H3,(H,23,24). The minimum atomic E-state index is -0.344. The predicted octanol–water partition coefficient (Wildman–Crippen LogP) is 4.08. The van der Waals surface area contributed by atoms with Crippen LogP contribution in [0, 0.1) is 12.8 Å². The first-order chi connectivity index (χ1) is 13.1. The third-order valence-corrected chi connectivity index (χ3v) is 5.23. The molecule has 6 nitrogen and oxygen atoms in total. The number of imidazole rings is 1. The molecular formula is C21H20N4O2. The van der Waals surface area contributed by atoms with Crippen LogP contribution in [0.1, 0.15) is 28.8 Å². The van der Waals surface area contributed by atoms with Gasteiger partial charge in [0, 0.05) is 18.1 Å². The number of aromatic nitrogens is 4. The maximum atomic E-state index is 11.9. The van der Waals surface area contributed by atoms with Crippen LogP contribution in [0.3, 0.4) is 0 Å². The molecule has 0 atom stereocenters. The summed E-state index contributed by atoms with van der Waals surface area (Å²) in [5.41, 5.74) is 5.20. The van der Waals surface area contributed by atoms with Crippen molar-refractivity contribution in [3.05, 3.63) is 47.7 Å². The summed E-state index contributed by atoms with van der Waals surface area (Å²) in [5.74, 6) is 1.18. The molecular weight excluding hydrogens is 340 g/mol. The topological polar surface area (TPSA) is 72.8 Å². The Kier molecular flexibility index (Phi) is 3.53. The Hall–Kier alpha value is -3.15. The summed E-state index contributed by atoms with van der Waals surface area (Å²) in [6.45, 7) is 2.92. The van der Waals surface area contributed by atoms with E-state index >= 15 is 0 Å². The highest BCUT2D eigenvalue weighted by molar-refractivity contribution is 5.95. The molecule has 1 fully saturated rings. The molecule has 0 bridgehead atoms. The second kappa shape index (κ2) is 5.94. The molecule has 0 aliphatic heterocycles. The van der Waals surface area contributed by atoms with Crippen LogP contribution in [0.2, 0.25) is 0 Å². The number of hydrogen-bond acceptors (Lipinski definition) is 4. The van der Waals surface area contributed by atoms with E-state index < -0.39 is 0 Å². The Morgan fingerprint density at radius 2 is 2.19 bits per heavy atom. The van der Waals surface area contributed by atoms with Gasteiger partial charge in [-0.15, -0.1) is 0 Å². The third kappa shape index (κ3) is 2.68. The van der Waals surface area contributed by atoms with Crippen LogP contribution < -0.4 is 0 Å². The molecule has 0 unspecified atom stereocenters. The van der Waals surface area contributed by atoms with Crippen molar-refractivity contribution in [3.63, 3.8) is 0 Å². The van der Waals surface area contributed by atoms with Gasteiger partial charge in [-0.2, -0.15) is 0 Å². The van der Waals surface area contributed by atoms with Crippen LogP contribution in [-0.4, -0.2) is 32.6 Å². The van der Waals surface area contributed by atoms with E-state index in [0.29, 0.717) is 5.56 Å². The highest BCUT2D eigenvalue weighted by Gasteiger charge is 2.25. The first-order valence-electron chi connectivity index (χ1n) is 9.17. The van der Waals surface area contributed by atoms with Gasteiger partial charge in [0.15, 0.2) is 5.82 Å². The van der Waals surface area contributed by atoms with Crippen molar-refractivity contribution in [3.8, 4) is 11.5 Å². The van der Waals surface area contributed by atoms with Gasteiger partial charge in [0.05, 0.1) is 29.4 Å². The number of pyridine rings is 1. The van der Waals surface area contributed by atoms with E-state index in [1.54, 1.807) is 6.07 Å². The minimum Gasteiger partial charge on any atom is -0.465 e. The zero-order valence-corrected chi connectivity index (χ0v) is 15.3. The Labute approximate surface area is 156 Å². The number of carbonyl (C=O) groups excluding carboxylic acids is 1. The van der Waals surface area contributed by atoms with Gasteiger partial charge < -0.3 is 14.3 Å². The van der Waals surface area contributed by atoms with Gasteiger partial charge in [-0.05, 0) is 61.6 Å². The van der Waals surface area contributed by atoms with Gasteiger partial charge in [-0.1, -0.05) is 0 Å². The number of carbonyl (C=O) groups is 1. The molecule has 0 radical (unpaired) electrons. The molecule has 1 saturated carbocycles. The summed E-state index contributed by atoms with van der Waals surface area (Å²) < 4.78 is 7.12. The van der Waals surface area contributed by atoms with Crippen LogP contribution >= 0.6 is 0 Å². The van der Waals surface area contributed by atoms with Gasteiger partial charge in [-0.3, -0.25) is 0 Å². The molecule has 0 amide bonds. The number of hydrogen-bond donors (Lipinski definition) is 1. The molecule has 136 valence electrons. The number of fused-ring (bicyclic) bond motifs is 2. The van der Waals surface area contributed by atoms with Crippen molar-refractivity contribution in [2.24, 2.45) is 5.92 Å². The summed E-state index contributed by atoms with van der Waals surface area (Å²) in [7, 11) is 1.39. The van der Waals surface area contributed by atoms with Crippen LogP contribution in [0.25, 0.3) is 33.6 Å². The molecule has 6 heteroatoms. The largest absolute Gasteiger partial charge is 0.465 e. The van der Waals surface area contributed by atoms with E-state index in [9.17, 15) is 4.79 Å². The fraction of sp³-hybridized carbons (Fsp3) is 0.286. The van der Waals surface area contributed by atoms with Crippen LogP contribution in [0.5, 0.6) is 0 Å². The molecule has 0 saturated heterocycles. The zero-order valence-electron chi connectivity index (χ0n) is 15.3. The van der Waals surface area contributed by atoms with Crippen LogP contribution in [0.4, 0.5) is 0 Å². The Balaban J connectivity index is 1.69. The Bertz CT molecular complexity index is 1180. The van der Waals surface area contributed by atoms with Crippen molar-refractivity contribution in [1.29, 1.82) is 0 Å². The summed E-state index contributed by atoms with van der Waals surface area (Å²) >= 11 is 0. The maximum absolute atomic E-state index is 11.9. The lowest BCUT2D eigenvalue weighted by atomic mass is 10.1. The third-order valence-electron chi connectivity index (χ3n) is 5.23. The number of aryl methyl sites for hydroxylation is 1. The van der Waals surface area contributed by atoms with E-state index in [1.165, 1.54) is 20.0 Å². The smallest absolute Gasteiger partial charge is 0.337 e. The predicted molar refractivity (Wildman–Crippen MR) is 104 cm³/mol. The summed E-state index contributed by atoms with van der Waals surface area (Å²) in [5, 5.41) is 1.11. The average Bonchev–Trinajstić information content (AvgIpc) is 3.27. The first kappa shape index (κ1) is 16.1. The number of esters is 1. The Morgan fingerprint density at radius 3 is 2.96 bits per heavy atom. The van der Waals surface area contributed by atoms with Gasteiger partial charge in [0.2, 0.25) is 0 Å². The van der Waals surface area contributed by atoms with Gasteiger partial charge in [0.1, 0.15) is 5.65 Å². The number of methoxy groups -OCH3 is 1. The van der Waals surface area contributed by atoms with E-state index in [-0.39, 0.29) is 5.97 Å². The highest BCUT2D eigenvalue weighted by Crippen LogP contribution is 2.35. The van der Waals surface area contributed by atoms with E-state index in [1.807, 2.05) is 25.3 Å². The van der Waals surface area contributed by atoms with Gasteiger partial charge in [0.25, 0.3) is 0 Å². The molecule has 1 N–H and O–H groups in total. The second-order valence-corrected chi connectivity index (χ2v) is 7.27. The normalized spacial score (nSPS) is 14.1. The monoisotopic (exact) mass is 360 g/mol. The van der Waals surface area contributed by atoms with Gasteiger partial charge >= 0.3 is 5.97 Å². The fourth-order valence-corrected chi connectivity index (χ4v) is 3.67. The molecule has 4 aromatic rings. The lowest BCUT2D eigenvalue weighted by molar-refractivity contribution is 0.0601.